The fourth-order valence-corrected chi connectivity index (χ4v) is 1.90. The normalized spacial score (nSPS) is 9.08. The van der Waals surface area contributed by atoms with E-state index < -0.39 is 0 Å². The van der Waals surface area contributed by atoms with Crippen LogP contribution in [0.2, 0.25) is 0 Å². The Bertz CT molecular complexity index is 108. The topological polar surface area (TPSA) is 12.0 Å². The third-order valence-electron chi connectivity index (χ3n) is 1.53. The average molecular weight is 415 g/mol. The van der Waals surface area contributed by atoms with Gasteiger partial charge in [-0.05, 0) is 12.8 Å². The molecule has 4 heteroatoms. The van der Waals surface area contributed by atoms with E-state index in [1.54, 1.807) is 11.8 Å². The summed E-state index contributed by atoms with van der Waals surface area (Å²) in [5.41, 5.74) is 0. The molecule has 0 heterocycles. The van der Waals surface area contributed by atoms with Crippen molar-refractivity contribution in [3.63, 3.8) is 0 Å². The number of thiocarbonyl (C=S) groups is 1. The van der Waals surface area contributed by atoms with Crippen LogP contribution in [-0.4, -0.2) is 43.9 Å². The molecule has 78 valence electrons. The van der Waals surface area contributed by atoms with Crippen molar-refractivity contribution in [3.05, 3.63) is 0 Å². The molecule has 0 spiro atoms. The van der Waals surface area contributed by atoms with Crippen molar-refractivity contribution in [1.29, 1.82) is 0 Å². The Morgan fingerprint density at radius 3 is 2.38 bits per heavy atom. The van der Waals surface area contributed by atoms with E-state index in [1.165, 1.54) is 25.7 Å². The Hall–Kier alpha value is 1.16. The first-order valence-electron chi connectivity index (χ1n) is 4.71. The van der Waals surface area contributed by atoms with Crippen molar-refractivity contribution in [2.45, 2.75) is 39.5 Å². The number of nitrogens with one attached hydrogen (secondary N) is 1. The van der Waals surface area contributed by atoms with E-state index in [0.29, 0.717) is 0 Å². The standard InChI is InChI=1S/C9H19NS2.Pb.2H/c1-3-5-7-10-9(11)12-8-6-4-2;;;/h3-8H2,1-2H3,(H,10,11);;;. The quantitative estimate of drug-likeness (QED) is 0.407. The van der Waals surface area contributed by atoms with Crippen molar-refractivity contribution in [1.82, 2.24) is 5.32 Å². The number of hydrogen-bond acceptors (Lipinski definition) is 2. The van der Waals surface area contributed by atoms with Crippen LogP contribution in [0.4, 0.5) is 0 Å². The van der Waals surface area contributed by atoms with E-state index in [-0.39, 0.29) is 27.3 Å². The molecule has 0 aromatic heterocycles. The predicted molar refractivity (Wildman–Crippen MR) is 71.4 cm³/mol. The van der Waals surface area contributed by atoms with Gasteiger partial charge in [-0.3, -0.25) is 0 Å². The zero-order valence-electron chi connectivity index (χ0n) is 8.77. The molecule has 0 aliphatic rings. The van der Waals surface area contributed by atoms with Gasteiger partial charge in [-0.1, -0.05) is 50.7 Å². The van der Waals surface area contributed by atoms with E-state index in [9.17, 15) is 0 Å². The van der Waals surface area contributed by atoms with E-state index in [1.807, 2.05) is 0 Å². The van der Waals surface area contributed by atoms with Gasteiger partial charge in [-0.25, -0.2) is 0 Å². The number of unbranched alkanes of at least 4 members (excludes halogenated alkanes) is 2. The average Bonchev–Trinajstić information content (AvgIpc) is 2.06. The molecule has 0 unspecified atom stereocenters. The summed E-state index contributed by atoms with van der Waals surface area (Å²) in [5, 5.41) is 3.24. The summed E-state index contributed by atoms with van der Waals surface area (Å²) in [6, 6.07) is 0. The first kappa shape index (κ1) is 16.6. The molecular weight excluding hydrogens is 393 g/mol. The van der Waals surface area contributed by atoms with Crippen LogP contribution in [0.25, 0.3) is 0 Å². The minimum absolute atomic E-state index is 0. The monoisotopic (exact) mass is 415 g/mol. The predicted octanol–water partition coefficient (Wildman–Crippen LogP) is 2.28. The van der Waals surface area contributed by atoms with Crippen molar-refractivity contribution in [2.24, 2.45) is 0 Å². The number of hydrogen-bond donors (Lipinski definition) is 1. The van der Waals surface area contributed by atoms with Crippen molar-refractivity contribution in [2.75, 3.05) is 12.3 Å². The summed E-state index contributed by atoms with van der Waals surface area (Å²) >= 11 is 6.90. The van der Waals surface area contributed by atoms with Crippen LogP contribution in [0.3, 0.4) is 0 Å². The second-order valence-corrected chi connectivity index (χ2v) is 4.54. The third kappa shape index (κ3) is 13.2. The molecule has 0 bridgehead atoms. The van der Waals surface area contributed by atoms with Crippen molar-refractivity contribution >= 4 is 55.6 Å². The van der Waals surface area contributed by atoms with Gasteiger partial charge in [0.2, 0.25) is 0 Å². The molecule has 0 aliphatic heterocycles. The molecular formula is C9H21NPbS2. The van der Waals surface area contributed by atoms with Gasteiger partial charge in [0, 0.05) is 12.3 Å². The molecule has 1 nitrogen and oxygen atoms in total. The summed E-state index contributed by atoms with van der Waals surface area (Å²) in [6.07, 6.45) is 4.97. The molecule has 0 saturated carbocycles. The molecule has 0 fully saturated rings. The Morgan fingerprint density at radius 1 is 1.23 bits per heavy atom. The Morgan fingerprint density at radius 2 is 1.85 bits per heavy atom. The minimum atomic E-state index is 0. The van der Waals surface area contributed by atoms with Crippen LogP contribution >= 0.6 is 24.0 Å². The number of thioether (sulfide) groups is 1. The second-order valence-electron chi connectivity index (χ2n) is 2.77. The first-order valence-corrected chi connectivity index (χ1v) is 6.11. The van der Waals surface area contributed by atoms with E-state index in [4.69, 9.17) is 12.2 Å². The molecule has 0 atom stereocenters. The van der Waals surface area contributed by atoms with Gasteiger partial charge in [0.1, 0.15) is 4.32 Å². The molecule has 1 N–H and O–H groups in total. The van der Waals surface area contributed by atoms with Crippen LogP contribution in [-0.2, 0) is 0 Å². The van der Waals surface area contributed by atoms with Gasteiger partial charge >= 0.3 is 27.3 Å². The van der Waals surface area contributed by atoms with E-state index >= 15 is 0 Å². The van der Waals surface area contributed by atoms with Gasteiger partial charge in [-0.15, -0.1) is 0 Å². The summed E-state index contributed by atoms with van der Waals surface area (Å²) < 4.78 is 0.969. The van der Waals surface area contributed by atoms with E-state index in [2.05, 4.69) is 19.2 Å². The van der Waals surface area contributed by atoms with Gasteiger partial charge in [0.25, 0.3) is 0 Å². The fourth-order valence-electron chi connectivity index (χ4n) is 0.727. The van der Waals surface area contributed by atoms with E-state index in [0.717, 1.165) is 16.6 Å². The second kappa shape index (κ2) is 13.2. The zero-order valence-corrected chi connectivity index (χ0v) is 15.9. The molecule has 0 aromatic rings. The molecule has 13 heavy (non-hydrogen) atoms. The maximum absolute atomic E-state index is 5.13. The summed E-state index contributed by atoms with van der Waals surface area (Å²) in [5.74, 6) is 1.16. The van der Waals surface area contributed by atoms with Crippen LogP contribution in [0.1, 0.15) is 39.5 Å². The summed E-state index contributed by atoms with van der Waals surface area (Å²) in [7, 11) is 0. The molecule has 0 rings (SSSR count). The van der Waals surface area contributed by atoms with Gasteiger partial charge in [0.15, 0.2) is 0 Å². The SMILES string of the molecule is CCCCNC(=S)SCCCC.[PbH2]. The Kier molecular flexibility index (Phi) is 16.8. The number of rotatable bonds is 6. The molecule has 2 radical (unpaired) electrons. The van der Waals surface area contributed by atoms with Crippen molar-refractivity contribution in [3.8, 4) is 0 Å². The van der Waals surface area contributed by atoms with Gasteiger partial charge in [-0.2, -0.15) is 0 Å². The van der Waals surface area contributed by atoms with Crippen LogP contribution in [0, 0.1) is 0 Å². The summed E-state index contributed by atoms with van der Waals surface area (Å²) in [6.45, 7) is 5.43. The van der Waals surface area contributed by atoms with Gasteiger partial charge in [0.05, 0.1) is 0 Å². The Balaban J connectivity index is 0. The maximum atomic E-state index is 5.13. The Labute approximate surface area is 112 Å². The first-order chi connectivity index (χ1) is 5.81. The molecule has 0 amide bonds. The molecule has 0 saturated heterocycles. The van der Waals surface area contributed by atoms with Crippen LogP contribution in [0.15, 0.2) is 0 Å². The van der Waals surface area contributed by atoms with Crippen LogP contribution < -0.4 is 5.32 Å². The third-order valence-corrected chi connectivity index (χ3v) is 2.93. The van der Waals surface area contributed by atoms with Crippen molar-refractivity contribution < 1.29 is 0 Å². The summed E-state index contributed by atoms with van der Waals surface area (Å²) in [4.78, 5) is 0. The molecule has 0 aromatic carbocycles. The van der Waals surface area contributed by atoms with Gasteiger partial charge < -0.3 is 5.32 Å². The fraction of sp³-hybridized carbons (Fsp3) is 0.889. The van der Waals surface area contributed by atoms with Crippen LogP contribution in [0.5, 0.6) is 0 Å². The zero-order chi connectivity index (χ0) is 9.23. The molecule has 0 aliphatic carbocycles.